The first-order chi connectivity index (χ1) is 10.7. The van der Waals surface area contributed by atoms with Crippen molar-refractivity contribution in [2.45, 2.75) is 38.6 Å². The molecule has 118 valence electrons. The lowest BCUT2D eigenvalue weighted by molar-refractivity contribution is -0.127. The molecule has 22 heavy (non-hydrogen) atoms. The second-order valence-electron chi connectivity index (χ2n) is 6.23. The van der Waals surface area contributed by atoms with Gasteiger partial charge in [-0.2, -0.15) is 5.26 Å². The molecule has 2 rings (SSSR count). The molecule has 1 fully saturated rings. The van der Waals surface area contributed by atoms with Gasteiger partial charge in [-0.25, -0.2) is 0 Å². The average Bonchev–Trinajstić information content (AvgIpc) is 3.02. The van der Waals surface area contributed by atoms with Gasteiger partial charge in [-0.1, -0.05) is 43.2 Å². The van der Waals surface area contributed by atoms with E-state index in [1.165, 1.54) is 5.56 Å². The Morgan fingerprint density at radius 2 is 2.00 bits per heavy atom. The molecular weight excluding hydrogens is 274 g/mol. The van der Waals surface area contributed by atoms with Crippen LogP contribution in [0.15, 0.2) is 30.3 Å². The van der Waals surface area contributed by atoms with E-state index >= 15 is 0 Å². The molecule has 1 saturated carbocycles. The van der Waals surface area contributed by atoms with Crippen LogP contribution in [0.2, 0.25) is 0 Å². The molecule has 4 heteroatoms. The molecule has 1 aliphatic rings. The maximum atomic E-state index is 12.2. The second kappa shape index (κ2) is 7.95. The lowest BCUT2D eigenvalue weighted by atomic mass is 9.87. The Bertz CT molecular complexity index is 515. The van der Waals surface area contributed by atoms with Crippen molar-refractivity contribution in [3.63, 3.8) is 0 Å². The fraction of sp³-hybridized carbons (Fsp3) is 0.556. The molecule has 0 unspecified atom stereocenters. The molecule has 0 spiro atoms. The minimum absolute atomic E-state index is 0.0711. The third-order valence-corrected chi connectivity index (χ3v) is 4.40. The summed E-state index contributed by atoms with van der Waals surface area (Å²) in [4.78, 5) is 14.4. The summed E-state index contributed by atoms with van der Waals surface area (Å²) in [6, 6.07) is 12.6. The summed E-state index contributed by atoms with van der Waals surface area (Å²) >= 11 is 0. The number of carbonyl (C=O) groups excluding carboxylic acids is 1. The van der Waals surface area contributed by atoms with Gasteiger partial charge in [0.1, 0.15) is 5.41 Å². The van der Waals surface area contributed by atoms with E-state index in [9.17, 15) is 10.1 Å². The van der Waals surface area contributed by atoms with Gasteiger partial charge in [0.05, 0.1) is 6.07 Å². The molecule has 1 N–H and O–H groups in total. The van der Waals surface area contributed by atoms with Gasteiger partial charge in [0.15, 0.2) is 0 Å². The standard InChI is InChI=1S/C18H25N3O/c1-21(14-16-8-3-2-4-9-16)13-7-12-20-17(22)18(15-19)10-5-6-11-18/h2-4,8-9H,5-7,10-14H2,1H3,(H,20,22). The molecule has 4 nitrogen and oxygen atoms in total. The van der Waals surface area contributed by atoms with Crippen LogP contribution in [0, 0.1) is 16.7 Å². The first-order valence-corrected chi connectivity index (χ1v) is 8.08. The van der Waals surface area contributed by atoms with Gasteiger partial charge in [-0.05, 0) is 38.4 Å². The van der Waals surface area contributed by atoms with E-state index in [4.69, 9.17) is 0 Å². The minimum Gasteiger partial charge on any atom is -0.355 e. The van der Waals surface area contributed by atoms with Crippen LogP contribution in [-0.4, -0.2) is 30.9 Å². The highest BCUT2D eigenvalue weighted by Crippen LogP contribution is 2.37. The largest absolute Gasteiger partial charge is 0.355 e. The maximum Gasteiger partial charge on any atom is 0.240 e. The first-order valence-electron chi connectivity index (χ1n) is 8.08. The van der Waals surface area contributed by atoms with Crippen molar-refractivity contribution >= 4 is 5.91 Å². The lowest BCUT2D eigenvalue weighted by Gasteiger charge is -2.20. The summed E-state index contributed by atoms with van der Waals surface area (Å²) in [7, 11) is 2.09. The molecule has 1 amide bonds. The van der Waals surface area contributed by atoms with Gasteiger partial charge < -0.3 is 10.2 Å². The third-order valence-electron chi connectivity index (χ3n) is 4.40. The predicted molar refractivity (Wildman–Crippen MR) is 86.9 cm³/mol. The fourth-order valence-corrected chi connectivity index (χ4v) is 3.06. The molecule has 0 saturated heterocycles. The van der Waals surface area contributed by atoms with Crippen molar-refractivity contribution in [3.8, 4) is 6.07 Å². The van der Waals surface area contributed by atoms with E-state index in [0.29, 0.717) is 19.4 Å². The molecule has 1 aromatic carbocycles. The van der Waals surface area contributed by atoms with Crippen molar-refractivity contribution in [3.05, 3.63) is 35.9 Å². The van der Waals surface area contributed by atoms with Crippen LogP contribution in [0.5, 0.6) is 0 Å². The van der Waals surface area contributed by atoms with Crippen LogP contribution in [0.1, 0.15) is 37.7 Å². The zero-order valence-corrected chi connectivity index (χ0v) is 13.3. The minimum atomic E-state index is -0.754. The topological polar surface area (TPSA) is 56.1 Å². The summed E-state index contributed by atoms with van der Waals surface area (Å²) < 4.78 is 0. The highest BCUT2D eigenvalue weighted by Gasteiger charge is 2.41. The van der Waals surface area contributed by atoms with E-state index in [1.807, 2.05) is 18.2 Å². The Morgan fingerprint density at radius 1 is 1.32 bits per heavy atom. The Hall–Kier alpha value is -1.86. The smallest absolute Gasteiger partial charge is 0.240 e. The zero-order chi connectivity index (χ0) is 15.8. The Kier molecular flexibility index (Phi) is 5.97. The number of amides is 1. The summed E-state index contributed by atoms with van der Waals surface area (Å²) in [6.45, 7) is 2.48. The van der Waals surface area contributed by atoms with E-state index in [-0.39, 0.29) is 5.91 Å². The monoisotopic (exact) mass is 299 g/mol. The van der Waals surface area contributed by atoms with Crippen LogP contribution in [0.3, 0.4) is 0 Å². The quantitative estimate of drug-likeness (QED) is 0.788. The second-order valence-corrected chi connectivity index (χ2v) is 6.23. The highest BCUT2D eigenvalue weighted by molar-refractivity contribution is 5.85. The molecule has 0 aromatic heterocycles. The van der Waals surface area contributed by atoms with Gasteiger partial charge in [0.2, 0.25) is 5.91 Å². The van der Waals surface area contributed by atoms with Crippen molar-refractivity contribution in [2.24, 2.45) is 5.41 Å². The van der Waals surface area contributed by atoms with Crippen LogP contribution in [0.4, 0.5) is 0 Å². The Morgan fingerprint density at radius 3 is 2.64 bits per heavy atom. The van der Waals surface area contributed by atoms with Gasteiger partial charge in [-0.15, -0.1) is 0 Å². The normalized spacial score (nSPS) is 16.4. The van der Waals surface area contributed by atoms with Gasteiger partial charge in [0, 0.05) is 13.1 Å². The Labute approximate surface area is 133 Å². The lowest BCUT2D eigenvalue weighted by Crippen LogP contribution is -2.39. The van der Waals surface area contributed by atoms with Crippen molar-refractivity contribution in [1.82, 2.24) is 10.2 Å². The van der Waals surface area contributed by atoms with Crippen molar-refractivity contribution < 1.29 is 4.79 Å². The van der Waals surface area contributed by atoms with Crippen LogP contribution >= 0.6 is 0 Å². The molecule has 1 aromatic rings. The number of nitriles is 1. The van der Waals surface area contributed by atoms with Gasteiger partial charge in [-0.3, -0.25) is 4.79 Å². The SMILES string of the molecule is CN(CCCNC(=O)C1(C#N)CCCC1)Cc1ccccc1. The number of benzene rings is 1. The maximum absolute atomic E-state index is 12.2. The molecular formula is C18H25N3O. The highest BCUT2D eigenvalue weighted by atomic mass is 16.2. The zero-order valence-electron chi connectivity index (χ0n) is 13.3. The van der Waals surface area contributed by atoms with E-state index < -0.39 is 5.41 Å². The molecule has 1 aliphatic carbocycles. The third kappa shape index (κ3) is 4.32. The molecule has 0 heterocycles. The number of hydrogen-bond acceptors (Lipinski definition) is 3. The summed E-state index contributed by atoms with van der Waals surface area (Å²) in [5, 5.41) is 12.2. The van der Waals surface area contributed by atoms with Crippen LogP contribution in [0.25, 0.3) is 0 Å². The molecule has 0 atom stereocenters. The van der Waals surface area contributed by atoms with Crippen LogP contribution < -0.4 is 5.32 Å². The van der Waals surface area contributed by atoms with Crippen LogP contribution in [-0.2, 0) is 11.3 Å². The fourth-order valence-electron chi connectivity index (χ4n) is 3.06. The van der Waals surface area contributed by atoms with Gasteiger partial charge in [0.25, 0.3) is 0 Å². The first kappa shape index (κ1) is 16.5. The van der Waals surface area contributed by atoms with Crippen molar-refractivity contribution in [1.29, 1.82) is 5.26 Å². The number of rotatable bonds is 7. The summed E-state index contributed by atoms with van der Waals surface area (Å²) in [6.07, 6.45) is 4.30. The Balaban J connectivity index is 1.66. The predicted octanol–water partition coefficient (Wildman–Crippen LogP) is 2.71. The van der Waals surface area contributed by atoms with Gasteiger partial charge >= 0.3 is 0 Å². The number of hydrogen-bond donors (Lipinski definition) is 1. The van der Waals surface area contributed by atoms with Crippen molar-refractivity contribution in [2.75, 3.05) is 20.1 Å². The number of nitrogens with one attached hydrogen (secondary N) is 1. The van der Waals surface area contributed by atoms with E-state index in [1.54, 1.807) is 0 Å². The molecule has 0 bridgehead atoms. The summed E-state index contributed by atoms with van der Waals surface area (Å²) in [5.41, 5.74) is 0.541. The summed E-state index contributed by atoms with van der Waals surface area (Å²) in [5.74, 6) is -0.0711. The number of nitrogens with zero attached hydrogens (tertiary/aromatic N) is 2. The molecule has 0 radical (unpaired) electrons. The number of carbonyl (C=O) groups is 1. The van der Waals surface area contributed by atoms with E-state index in [0.717, 1.165) is 32.4 Å². The van der Waals surface area contributed by atoms with E-state index in [2.05, 4.69) is 35.5 Å². The molecule has 0 aliphatic heterocycles. The average molecular weight is 299 g/mol.